The van der Waals surface area contributed by atoms with Crippen molar-refractivity contribution in [1.82, 2.24) is 0 Å². The van der Waals surface area contributed by atoms with Crippen molar-refractivity contribution < 1.29 is 14.3 Å². The van der Waals surface area contributed by atoms with E-state index in [-0.39, 0.29) is 5.70 Å². The van der Waals surface area contributed by atoms with Gasteiger partial charge in [-0.25, -0.2) is 9.79 Å². The number of esters is 1. The van der Waals surface area contributed by atoms with Gasteiger partial charge >= 0.3 is 5.97 Å². The molecule has 2 aromatic rings. The van der Waals surface area contributed by atoms with E-state index in [0.717, 1.165) is 23.1 Å². The summed E-state index contributed by atoms with van der Waals surface area (Å²) in [6, 6.07) is 13.4. The largest absolute Gasteiger partial charge is 0.496 e. The lowest BCUT2D eigenvalue weighted by Gasteiger charge is -2.05. The Morgan fingerprint density at radius 1 is 1.16 bits per heavy atom. The zero-order chi connectivity index (χ0) is 17.8. The fourth-order valence-electron chi connectivity index (χ4n) is 2.58. The molecule has 0 unspecified atom stereocenters. The minimum atomic E-state index is -0.435. The Morgan fingerprint density at radius 3 is 2.64 bits per heavy atom. The minimum absolute atomic E-state index is 0.287. The van der Waals surface area contributed by atoms with Gasteiger partial charge in [0.15, 0.2) is 11.6 Å². The molecule has 0 spiro atoms. The first kappa shape index (κ1) is 17.2. The molecule has 25 heavy (non-hydrogen) atoms. The molecule has 5 heteroatoms. The molecule has 0 atom stereocenters. The number of halogens is 1. The SMILES string of the molecule is COc1ccc(C)cc1/C=C1/N=C(CCc2ccc(Cl)cc2)OC1=O. The highest BCUT2D eigenvalue weighted by atomic mass is 35.5. The lowest BCUT2D eigenvalue weighted by Crippen LogP contribution is -2.05. The van der Waals surface area contributed by atoms with Crippen molar-refractivity contribution >= 4 is 29.5 Å². The van der Waals surface area contributed by atoms with Crippen molar-refractivity contribution in [3.63, 3.8) is 0 Å². The van der Waals surface area contributed by atoms with Crippen LogP contribution >= 0.6 is 11.6 Å². The van der Waals surface area contributed by atoms with Crippen LogP contribution in [0.15, 0.2) is 53.2 Å². The van der Waals surface area contributed by atoms with E-state index in [1.54, 1.807) is 13.2 Å². The highest BCUT2D eigenvalue weighted by molar-refractivity contribution is 6.30. The molecule has 0 amide bonds. The summed E-state index contributed by atoms with van der Waals surface area (Å²) in [6.07, 6.45) is 2.98. The Kier molecular flexibility index (Phi) is 5.19. The number of ether oxygens (including phenoxy) is 2. The average molecular weight is 356 g/mol. The Bertz CT molecular complexity index is 854. The van der Waals surface area contributed by atoms with Crippen LogP contribution in [0, 0.1) is 6.92 Å². The van der Waals surface area contributed by atoms with E-state index >= 15 is 0 Å². The molecule has 3 rings (SSSR count). The average Bonchev–Trinajstić information content (AvgIpc) is 2.94. The molecule has 0 aliphatic carbocycles. The Morgan fingerprint density at radius 2 is 1.92 bits per heavy atom. The summed E-state index contributed by atoms with van der Waals surface area (Å²) in [5.74, 6) is 0.684. The number of hydrogen-bond donors (Lipinski definition) is 0. The monoisotopic (exact) mass is 355 g/mol. The standard InChI is InChI=1S/C20H18ClNO3/c1-13-3-9-18(24-2)15(11-13)12-17-20(23)25-19(22-17)10-6-14-4-7-16(21)8-5-14/h3-5,7-9,11-12H,6,10H2,1-2H3/b17-12+. The van der Waals surface area contributed by atoms with Crippen molar-refractivity contribution in [2.45, 2.75) is 19.8 Å². The molecule has 0 radical (unpaired) electrons. The molecule has 0 saturated carbocycles. The van der Waals surface area contributed by atoms with E-state index < -0.39 is 5.97 Å². The Hall–Kier alpha value is -2.59. The molecule has 0 fully saturated rings. The normalized spacial score (nSPS) is 15.2. The molecule has 1 aliphatic rings. The molecule has 0 saturated heterocycles. The number of benzene rings is 2. The predicted molar refractivity (Wildman–Crippen MR) is 99.0 cm³/mol. The van der Waals surface area contributed by atoms with Gasteiger partial charge in [-0.1, -0.05) is 35.4 Å². The second-order valence-electron chi connectivity index (χ2n) is 5.80. The highest BCUT2D eigenvalue weighted by Gasteiger charge is 2.23. The molecule has 128 valence electrons. The van der Waals surface area contributed by atoms with Gasteiger partial charge in [0.25, 0.3) is 0 Å². The van der Waals surface area contributed by atoms with Crippen molar-refractivity contribution in [3.05, 3.63) is 69.9 Å². The van der Waals surface area contributed by atoms with Gasteiger partial charge in [0.1, 0.15) is 5.75 Å². The number of aliphatic imine (C=N–C) groups is 1. The number of methoxy groups -OCH3 is 1. The summed E-state index contributed by atoms with van der Waals surface area (Å²) < 4.78 is 10.6. The third kappa shape index (κ3) is 4.28. The number of hydrogen-bond acceptors (Lipinski definition) is 4. The topological polar surface area (TPSA) is 47.9 Å². The van der Waals surface area contributed by atoms with Crippen LogP contribution in [0.25, 0.3) is 6.08 Å². The van der Waals surface area contributed by atoms with Crippen LogP contribution in [0.2, 0.25) is 5.02 Å². The van der Waals surface area contributed by atoms with E-state index in [1.165, 1.54) is 0 Å². The smallest absolute Gasteiger partial charge is 0.363 e. The van der Waals surface area contributed by atoms with Gasteiger partial charge < -0.3 is 9.47 Å². The summed E-state index contributed by atoms with van der Waals surface area (Å²) in [4.78, 5) is 16.4. The summed E-state index contributed by atoms with van der Waals surface area (Å²) in [6.45, 7) is 1.98. The fraction of sp³-hybridized carbons (Fsp3) is 0.200. The van der Waals surface area contributed by atoms with Crippen molar-refractivity contribution in [2.24, 2.45) is 4.99 Å². The van der Waals surface area contributed by atoms with Gasteiger partial charge in [0.05, 0.1) is 7.11 Å². The highest BCUT2D eigenvalue weighted by Crippen LogP contribution is 2.25. The van der Waals surface area contributed by atoms with Crippen molar-refractivity contribution in [3.8, 4) is 5.75 Å². The summed E-state index contributed by atoms with van der Waals surface area (Å²) in [5, 5.41) is 0.700. The lowest BCUT2D eigenvalue weighted by molar-refractivity contribution is -0.130. The minimum Gasteiger partial charge on any atom is -0.496 e. The maximum Gasteiger partial charge on any atom is 0.363 e. The molecule has 0 bridgehead atoms. The third-order valence-corrected chi connectivity index (χ3v) is 4.13. The first-order valence-electron chi connectivity index (χ1n) is 7.95. The van der Waals surface area contributed by atoms with Crippen LogP contribution in [0.5, 0.6) is 5.75 Å². The van der Waals surface area contributed by atoms with Gasteiger partial charge in [0.2, 0.25) is 0 Å². The molecule has 4 nitrogen and oxygen atoms in total. The van der Waals surface area contributed by atoms with Gasteiger partial charge in [-0.2, -0.15) is 0 Å². The van der Waals surface area contributed by atoms with Gasteiger partial charge in [-0.3, -0.25) is 0 Å². The van der Waals surface area contributed by atoms with E-state index in [0.29, 0.717) is 23.1 Å². The van der Waals surface area contributed by atoms with Gasteiger partial charge in [-0.05, 0) is 49.2 Å². The maximum absolute atomic E-state index is 12.1. The molecule has 1 aliphatic heterocycles. The van der Waals surface area contributed by atoms with Crippen LogP contribution in [0.1, 0.15) is 23.1 Å². The summed E-state index contributed by atoms with van der Waals surface area (Å²) in [5.41, 5.74) is 3.28. The van der Waals surface area contributed by atoms with E-state index in [9.17, 15) is 4.79 Å². The molecule has 1 heterocycles. The number of cyclic esters (lactones) is 1. The van der Waals surface area contributed by atoms with Crippen LogP contribution in [0.3, 0.4) is 0 Å². The van der Waals surface area contributed by atoms with Crippen LogP contribution in [-0.2, 0) is 16.0 Å². The maximum atomic E-state index is 12.1. The zero-order valence-corrected chi connectivity index (χ0v) is 14.8. The van der Waals surface area contributed by atoms with E-state index in [4.69, 9.17) is 21.1 Å². The number of carbonyl (C=O) groups is 1. The Balaban J connectivity index is 1.76. The number of rotatable bonds is 5. The van der Waals surface area contributed by atoms with E-state index in [2.05, 4.69) is 4.99 Å². The van der Waals surface area contributed by atoms with Crippen LogP contribution < -0.4 is 4.74 Å². The summed E-state index contributed by atoms with van der Waals surface area (Å²) in [7, 11) is 1.60. The molecule has 2 aromatic carbocycles. The van der Waals surface area contributed by atoms with Crippen molar-refractivity contribution in [2.75, 3.05) is 7.11 Å². The second kappa shape index (κ2) is 7.53. The first-order valence-corrected chi connectivity index (χ1v) is 8.33. The van der Waals surface area contributed by atoms with Gasteiger partial charge in [0, 0.05) is 17.0 Å². The van der Waals surface area contributed by atoms with E-state index in [1.807, 2.05) is 49.4 Å². The first-order chi connectivity index (χ1) is 12.0. The zero-order valence-electron chi connectivity index (χ0n) is 14.1. The predicted octanol–water partition coefficient (Wildman–Crippen LogP) is 4.59. The van der Waals surface area contributed by atoms with Crippen LogP contribution in [0.4, 0.5) is 0 Å². The molecule has 0 N–H and O–H groups in total. The Labute approximate surface area is 151 Å². The number of nitrogens with zero attached hydrogens (tertiary/aromatic N) is 1. The molecular weight excluding hydrogens is 338 g/mol. The second-order valence-corrected chi connectivity index (χ2v) is 6.23. The molecular formula is C20H18ClNO3. The van der Waals surface area contributed by atoms with Gasteiger partial charge in [-0.15, -0.1) is 0 Å². The van der Waals surface area contributed by atoms with Crippen LogP contribution in [-0.4, -0.2) is 19.0 Å². The third-order valence-electron chi connectivity index (χ3n) is 3.88. The fourth-order valence-corrected chi connectivity index (χ4v) is 2.70. The number of carbonyl (C=O) groups excluding carboxylic acids is 1. The summed E-state index contributed by atoms with van der Waals surface area (Å²) >= 11 is 5.88. The number of aryl methyl sites for hydroxylation is 2. The quantitative estimate of drug-likeness (QED) is 0.582. The lowest BCUT2D eigenvalue weighted by atomic mass is 10.1. The molecule has 0 aromatic heterocycles. The van der Waals surface area contributed by atoms with Crippen molar-refractivity contribution in [1.29, 1.82) is 0 Å².